The molecular weight excluding hydrogens is 531 g/mol. The molecule has 0 unspecified atom stereocenters. The summed E-state index contributed by atoms with van der Waals surface area (Å²) < 4.78 is 224. The highest BCUT2D eigenvalue weighted by atomic mass is 19.4. The van der Waals surface area contributed by atoms with Crippen LogP contribution in [0.5, 0.6) is 0 Å². The molecule has 0 radical (unpaired) electrons. The van der Waals surface area contributed by atoms with Gasteiger partial charge in [0.15, 0.2) is 0 Å². The third-order valence-corrected chi connectivity index (χ3v) is 2.96. The average molecular weight is 536 g/mol. The van der Waals surface area contributed by atoms with Crippen LogP contribution in [-0.4, -0.2) is 61.0 Å². The first-order valence-corrected chi connectivity index (χ1v) is 7.04. The number of hydrogen-bond acceptors (Lipinski definition) is 4. The van der Waals surface area contributed by atoms with Gasteiger partial charge in [-0.05, 0) is 0 Å². The fourth-order valence-corrected chi connectivity index (χ4v) is 1.37. The van der Waals surface area contributed by atoms with Crippen LogP contribution in [0.3, 0.4) is 0 Å². The van der Waals surface area contributed by atoms with Crippen molar-refractivity contribution in [3.63, 3.8) is 0 Å². The maximum atomic E-state index is 13.8. The largest absolute Gasteiger partial charge is 0.462 e. The van der Waals surface area contributed by atoms with Crippen molar-refractivity contribution in [1.82, 2.24) is 0 Å². The molecule has 0 aliphatic rings. The third-order valence-electron chi connectivity index (χ3n) is 2.96. The Morgan fingerprint density at radius 3 is 1.36 bits per heavy atom. The van der Waals surface area contributed by atoms with E-state index >= 15 is 0 Å². The zero-order chi connectivity index (χ0) is 27.1. The van der Waals surface area contributed by atoms with E-state index in [9.17, 15) is 79.4 Å². The lowest BCUT2D eigenvalue weighted by atomic mass is 10.2. The van der Waals surface area contributed by atoms with E-state index in [0.29, 0.717) is 6.08 Å². The van der Waals surface area contributed by atoms with Gasteiger partial charge in [0.05, 0.1) is 0 Å². The van der Waals surface area contributed by atoms with Crippen molar-refractivity contribution in [3.05, 3.63) is 12.7 Å². The summed E-state index contributed by atoms with van der Waals surface area (Å²) in [6.07, 6.45) is -38.3. The minimum absolute atomic E-state index is 0.310. The molecular formula is C12H5F17O4. The summed E-state index contributed by atoms with van der Waals surface area (Å²) >= 11 is 0. The summed E-state index contributed by atoms with van der Waals surface area (Å²) in [6.45, 7) is 1.16. The SMILES string of the molecule is C=CCOC(=O)[C@@](F)(OC(F)(F)[C@](F)(OC(F)(F)C(F)(F)C(F)(F)F)C(F)(F)F)C(F)(F)F. The smallest absolute Gasteiger partial charge is 0.457 e. The minimum Gasteiger partial charge on any atom is -0.457 e. The molecule has 0 saturated heterocycles. The molecule has 2 atom stereocenters. The first kappa shape index (κ1) is 30.9. The first-order valence-electron chi connectivity index (χ1n) is 7.04. The molecule has 0 spiro atoms. The standard InChI is InChI=1S/C12H5F17O4/c1-2-3-31-4(30)5(13,8(17,18)19)32-12(28,29)7(16,10(23,24)25)33-11(26,27)6(14,15)9(20,21)22/h2H,1,3H2/t5-,7-/m1/s1. The van der Waals surface area contributed by atoms with E-state index in [0.717, 1.165) is 0 Å². The van der Waals surface area contributed by atoms with Crippen LogP contribution >= 0.6 is 0 Å². The van der Waals surface area contributed by atoms with Crippen molar-refractivity contribution in [2.45, 2.75) is 48.4 Å². The molecule has 0 fully saturated rings. The lowest BCUT2D eigenvalue weighted by Crippen LogP contribution is -2.68. The molecule has 0 rings (SSSR count). The lowest BCUT2D eigenvalue weighted by molar-refractivity contribution is -0.548. The summed E-state index contributed by atoms with van der Waals surface area (Å²) in [6, 6.07) is 0. The Kier molecular flexibility index (Phi) is 8.08. The van der Waals surface area contributed by atoms with Gasteiger partial charge in [-0.25, -0.2) is 4.79 Å². The van der Waals surface area contributed by atoms with Gasteiger partial charge in [0.1, 0.15) is 6.61 Å². The van der Waals surface area contributed by atoms with Gasteiger partial charge in [0.2, 0.25) is 0 Å². The summed E-state index contributed by atoms with van der Waals surface area (Å²) in [5, 5.41) is 0. The number of halogens is 17. The Morgan fingerprint density at radius 2 is 1.06 bits per heavy atom. The predicted molar refractivity (Wildman–Crippen MR) is 64.0 cm³/mol. The normalized spacial score (nSPS) is 18.3. The van der Waals surface area contributed by atoms with Crippen LogP contribution in [-0.2, 0) is 19.0 Å². The Labute approximate surface area is 168 Å². The third kappa shape index (κ3) is 5.54. The monoisotopic (exact) mass is 536 g/mol. The number of rotatable bonds is 9. The van der Waals surface area contributed by atoms with Crippen LogP contribution in [0, 0.1) is 0 Å². The van der Waals surface area contributed by atoms with E-state index in [1.807, 2.05) is 0 Å². The Hall–Kier alpha value is -2.06. The molecule has 0 amide bonds. The Bertz CT molecular complexity index is 723. The van der Waals surface area contributed by atoms with Crippen molar-refractivity contribution < 1.29 is 93.6 Å². The van der Waals surface area contributed by atoms with Crippen molar-refractivity contribution in [2.24, 2.45) is 0 Å². The summed E-state index contributed by atoms with van der Waals surface area (Å²) in [7, 11) is 0. The van der Waals surface area contributed by atoms with Crippen LogP contribution in [0.1, 0.15) is 0 Å². The predicted octanol–water partition coefficient (Wildman–Crippen LogP) is 5.59. The fourth-order valence-electron chi connectivity index (χ4n) is 1.37. The number of ether oxygens (including phenoxy) is 3. The maximum absolute atomic E-state index is 13.8. The molecule has 0 aliphatic carbocycles. The molecule has 0 aromatic heterocycles. The van der Waals surface area contributed by atoms with Gasteiger partial charge in [-0.15, -0.1) is 0 Å². The van der Waals surface area contributed by atoms with E-state index in [1.54, 1.807) is 4.74 Å². The van der Waals surface area contributed by atoms with E-state index in [-0.39, 0.29) is 0 Å². The second-order valence-corrected chi connectivity index (χ2v) is 5.38. The molecule has 0 aromatic rings. The second-order valence-electron chi connectivity index (χ2n) is 5.38. The average Bonchev–Trinajstić information content (AvgIpc) is 2.55. The highest BCUT2D eigenvalue weighted by molar-refractivity contribution is 5.79. The zero-order valence-corrected chi connectivity index (χ0v) is 14.5. The molecule has 21 heteroatoms. The fraction of sp³-hybridized carbons (Fsp3) is 0.750. The number of carbonyl (C=O) groups is 1. The van der Waals surface area contributed by atoms with E-state index < -0.39 is 61.0 Å². The second kappa shape index (κ2) is 8.62. The maximum Gasteiger partial charge on any atom is 0.462 e. The van der Waals surface area contributed by atoms with Crippen LogP contribution < -0.4 is 0 Å². The molecule has 0 bridgehead atoms. The Morgan fingerprint density at radius 1 is 0.636 bits per heavy atom. The highest BCUT2D eigenvalue weighted by Gasteiger charge is 2.85. The van der Waals surface area contributed by atoms with Gasteiger partial charge in [-0.3, -0.25) is 9.47 Å². The topological polar surface area (TPSA) is 44.8 Å². The van der Waals surface area contributed by atoms with E-state index in [1.165, 1.54) is 4.74 Å². The molecule has 4 nitrogen and oxygen atoms in total. The summed E-state index contributed by atoms with van der Waals surface area (Å²) in [4.78, 5) is 11.0. The van der Waals surface area contributed by atoms with Crippen molar-refractivity contribution in [3.8, 4) is 0 Å². The molecule has 33 heavy (non-hydrogen) atoms. The molecule has 0 aliphatic heterocycles. The van der Waals surface area contributed by atoms with Crippen LogP contribution in [0.4, 0.5) is 74.6 Å². The molecule has 196 valence electrons. The number of esters is 1. The number of carbonyl (C=O) groups excluding carboxylic acids is 1. The van der Waals surface area contributed by atoms with Crippen molar-refractivity contribution in [1.29, 1.82) is 0 Å². The highest BCUT2D eigenvalue weighted by Crippen LogP contribution is 2.56. The molecule has 0 aromatic carbocycles. The van der Waals surface area contributed by atoms with Gasteiger partial charge < -0.3 is 4.74 Å². The van der Waals surface area contributed by atoms with Crippen LogP contribution in [0.25, 0.3) is 0 Å². The summed E-state index contributed by atoms with van der Waals surface area (Å²) in [5.74, 6) is -26.5. The number of hydrogen-bond donors (Lipinski definition) is 0. The van der Waals surface area contributed by atoms with Crippen molar-refractivity contribution in [2.75, 3.05) is 6.61 Å². The van der Waals surface area contributed by atoms with Gasteiger partial charge >= 0.3 is 54.3 Å². The van der Waals surface area contributed by atoms with Gasteiger partial charge in [-0.2, -0.15) is 74.6 Å². The van der Waals surface area contributed by atoms with Gasteiger partial charge in [-0.1, -0.05) is 12.7 Å². The minimum atomic E-state index is -8.06. The van der Waals surface area contributed by atoms with Crippen LogP contribution in [0.2, 0.25) is 0 Å². The van der Waals surface area contributed by atoms with E-state index in [2.05, 4.69) is 11.3 Å². The molecule has 0 saturated carbocycles. The van der Waals surface area contributed by atoms with Gasteiger partial charge in [0, 0.05) is 0 Å². The first-order chi connectivity index (χ1) is 14.1. The Balaban J connectivity index is 6.70. The molecule has 0 heterocycles. The number of alkyl halides is 17. The van der Waals surface area contributed by atoms with Crippen molar-refractivity contribution >= 4 is 5.97 Å². The summed E-state index contributed by atoms with van der Waals surface area (Å²) in [5.41, 5.74) is 0. The quantitative estimate of drug-likeness (QED) is 0.219. The van der Waals surface area contributed by atoms with Crippen LogP contribution in [0.15, 0.2) is 12.7 Å². The lowest BCUT2D eigenvalue weighted by Gasteiger charge is -2.39. The molecule has 0 N–H and O–H groups in total. The van der Waals surface area contributed by atoms with Gasteiger partial charge in [0.25, 0.3) is 0 Å². The zero-order valence-electron chi connectivity index (χ0n) is 14.5. The van der Waals surface area contributed by atoms with E-state index in [4.69, 9.17) is 0 Å².